The van der Waals surface area contributed by atoms with Crippen LogP contribution in [-0.4, -0.2) is 29.5 Å². The number of hydrogen-bond donors (Lipinski definition) is 1. The van der Waals surface area contributed by atoms with Crippen molar-refractivity contribution in [1.82, 2.24) is 5.32 Å². The number of methoxy groups -OCH3 is 1. The van der Waals surface area contributed by atoms with Crippen LogP contribution in [-0.2, 0) is 9.53 Å². The molecule has 5 nitrogen and oxygen atoms in total. The van der Waals surface area contributed by atoms with Gasteiger partial charge in [-0.15, -0.1) is 0 Å². The quantitative estimate of drug-likeness (QED) is 0.474. The number of amides is 1. The largest absolute Gasteiger partial charge is 0.468 e. The lowest BCUT2D eigenvalue weighted by Gasteiger charge is -2.08. The van der Waals surface area contributed by atoms with Crippen molar-refractivity contribution in [1.29, 1.82) is 0 Å². The summed E-state index contributed by atoms with van der Waals surface area (Å²) in [4.78, 5) is 22.7. The Morgan fingerprint density at radius 1 is 1.69 bits per heavy atom. The van der Waals surface area contributed by atoms with Crippen LogP contribution in [0.2, 0.25) is 0 Å². The molecule has 0 fully saturated rings. The normalized spacial score (nSPS) is 11.9. The van der Waals surface area contributed by atoms with Gasteiger partial charge in [0.05, 0.1) is 18.9 Å². The molecule has 0 aliphatic carbocycles. The van der Waals surface area contributed by atoms with Crippen molar-refractivity contribution in [2.75, 3.05) is 13.7 Å². The molecule has 1 amide bonds. The van der Waals surface area contributed by atoms with Crippen molar-refractivity contribution in [2.45, 2.75) is 3.92 Å². The average Bonchev–Trinajstić information content (AvgIpc) is 2.70. The fraction of sp³-hybridized carbons (Fsp3) is 0.333. The number of nitrogens with one attached hydrogen (secondary N) is 1. The number of ether oxygens (including phenoxy) is 1. The van der Waals surface area contributed by atoms with Gasteiger partial charge in [0.2, 0.25) is 0 Å². The molecule has 0 saturated heterocycles. The Bertz CT molecular complexity index is 393. The first kappa shape index (κ1) is 13.5. The van der Waals surface area contributed by atoms with Gasteiger partial charge in [-0.1, -0.05) is 22.6 Å². The van der Waals surface area contributed by atoms with Gasteiger partial charge in [-0.05, 0) is 22.0 Å². The number of rotatable bonds is 4. The van der Waals surface area contributed by atoms with Gasteiger partial charge in [0.1, 0.15) is 3.92 Å². The Morgan fingerprint density at radius 2 is 2.38 bits per heavy atom. The summed E-state index contributed by atoms with van der Waals surface area (Å²) in [6.45, 7) is 0.212. The highest BCUT2D eigenvalue weighted by Crippen LogP contribution is 2.17. The fourth-order valence-corrected chi connectivity index (χ4v) is 1.84. The monoisotopic (exact) mass is 401 g/mol. The van der Waals surface area contributed by atoms with Crippen LogP contribution in [0.15, 0.2) is 21.4 Å². The number of hydrogen-bond acceptors (Lipinski definition) is 4. The SMILES string of the molecule is COC(=O)C(I)CNC(=O)c1ccoc1Br. The maximum absolute atomic E-state index is 11.6. The first-order valence-corrected chi connectivity index (χ1v) is 6.33. The lowest BCUT2D eigenvalue weighted by Crippen LogP contribution is -2.33. The maximum Gasteiger partial charge on any atom is 0.320 e. The van der Waals surface area contributed by atoms with Gasteiger partial charge in [0, 0.05) is 6.54 Å². The van der Waals surface area contributed by atoms with Gasteiger partial charge in [-0.2, -0.15) is 0 Å². The third-order valence-corrected chi connectivity index (χ3v) is 3.32. The fourth-order valence-electron chi connectivity index (χ4n) is 0.944. The first-order valence-electron chi connectivity index (χ1n) is 4.29. The van der Waals surface area contributed by atoms with Gasteiger partial charge < -0.3 is 14.5 Å². The van der Waals surface area contributed by atoms with Crippen molar-refractivity contribution in [3.05, 3.63) is 22.6 Å². The summed E-state index contributed by atoms with van der Waals surface area (Å²) in [6, 6.07) is 1.54. The standard InChI is InChI=1S/C9H9BrINO4/c1-15-9(14)6(11)4-12-8(13)5-2-3-16-7(5)10/h2-3,6H,4H2,1H3,(H,12,13). The van der Waals surface area contributed by atoms with Crippen molar-refractivity contribution in [3.8, 4) is 0 Å². The first-order chi connectivity index (χ1) is 7.56. The number of halogens is 2. The lowest BCUT2D eigenvalue weighted by molar-refractivity contribution is -0.139. The molecule has 0 aliphatic rings. The van der Waals surface area contributed by atoms with E-state index in [9.17, 15) is 9.59 Å². The molecule has 1 N–H and O–H groups in total. The van der Waals surface area contributed by atoms with E-state index < -0.39 is 3.92 Å². The number of carbonyl (C=O) groups is 2. The van der Waals surface area contributed by atoms with Crippen LogP contribution < -0.4 is 5.32 Å². The summed E-state index contributed by atoms with van der Waals surface area (Å²) in [6.07, 6.45) is 1.40. The van der Waals surface area contributed by atoms with E-state index in [1.165, 1.54) is 13.4 Å². The van der Waals surface area contributed by atoms with Crippen molar-refractivity contribution >= 4 is 50.4 Å². The van der Waals surface area contributed by atoms with E-state index in [2.05, 4.69) is 26.0 Å². The van der Waals surface area contributed by atoms with Crippen LogP contribution in [0.25, 0.3) is 0 Å². The smallest absolute Gasteiger partial charge is 0.320 e. The van der Waals surface area contributed by atoms with Crippen molar-refractivity contribution < 1.29 is 18.7 Å². The summed E-state index contributed by atoms with van der Waals surface area (Å²) in [5.74, 6) is -0.668. The minimum atomic E-state index is -0.405. The molecule has 1 atom stereocenters. The Kier molecular flexibility index (Phi) is 5.26. The zero-order valence-electron chi connectivity index (χ0n) is 8.33. The molecular formula is C9H9BrINO4. The summed E-state index contributed by atoms with van der Waals surface area (Å²) in [7, 11) is 1.31. The Balaban J connectivity index is 2.48. The molecule has 0 bridgehead atoms. The molecule has 1 unspecified atom stereocenters. The average molecular weight is 402 g/mol. The highest BCUT2D eigenvalue weighted by molar-refractivity contribution is 14.1. The molecular weight excluding hydrogens is 393 g/mol. The number of furan rings is 1. The molecule has 7 heteroatoms. The minimum Gasteiger partial charge on any atom is -0.468 e. The van der Waals surface area contributed by atoms with Crippen molar-refractivity contribution in [2.24, 2.45) is 0 Å². The molecule has 16 heavy (non-hydrogen) atoms. The van der Waals surface area contributed by atoms with E-state index in [4.69, 9.17) is 4.42 Å². The van der Waals surface area contributed by atoms with Gasteiger partial charge >= 0.3 is 5.97 Å². The Morgan fingerprint density at radius 3 is 2.88 bits per heavy atom. The zero-order chi connectivity index (χ0) is 12.1. The molecule has 0 aromatic carbocycles. The van der Waals surface area contributed by atoms with Crippen LogP contribution in [0.3, 0.4) is 0 Å². The third kappa shape index (κ3) is 3.48. The Hall–Kier alpha value is -0.570. The second-order valence-corrected chi connectivity index (χ2v) is 5.03. The molecule has 0 spiro atoms. The van der Waals surface area contributed by atoms with Crippen LogP contribution in [0.1, 0.15) is 10.4 Å². The van der Waals surface area contributed by atoms with Crippen LogP contribution >= 0.6 is 38.5 Å². The van der Waals surface area contributed by atoms with E-state index in [1.807, 2.05) is 22.6 Å². The van der Waals surface area contributed by atoms with Gasteiger partial charge in [-0.3, -0.25) is 9.59 Å². The second-order valence-electron chi connectivity index (χ2n) is 2.81. The van der Waals surface area contributed by atoms with Crippen LogP contribution in [0, 0.1) is 0 Å². The highest BCUT2D eigenvalue weighted by atomic mass is 127. The third-order valence-electron chi connectivity index (χ3n) is 1.76. The minimum absolute atomic E-state index is 0.212. The highest BCUT2D eigenvalue weighted by Gasteiger charge is 2.18. The maximum atomic E-state index is 11.6. The van der Waals surface area contributed by atoms with Gasteiger partial charge in [0.25, 0.3) is 5.91 Å². The van der Waals surface area contributed by atoms with Crippen LogP contribution in [0.5, 0.6) is 0 Å². The van der Waals surface area contributed by atoms with E-state index in [0.717, 1.165) is 0 Å². The van der Waals surface area contributed by atoms with Crippen LogP contribution in [0.4, 0.5) is 0 Å². The van der Waals surface area contributed by atoms with Gasteiger partial charge in [-0.25, -0.2) is 0 Å². The summed E-state index contributed by atoms with van der Waals surface area (Å²) in [5, 5.41) is 2.60. The molecule has 1 aromatic heterocycles. The Labute approximate surface area is 114 Å². The van der Waals surface area contributed by atoms with Crippen molar-refractivity contribution in [3.63, 3.8) is 0 Å². The molecule has 0 radical (unpaired) electrons. The zero-order valence-corrected chi connectivity index (χ0v) is 12.1. The molecule has 0 aliphatic heterocycles. The molecule has 1 rings (SSSR count). The predicted octanol–water partition coefficient (Wildman–Crippen LogP) is 1.75. The molecule has 1 heterocycles. The van der Waals surface area contributed by atoms with Gasteiger partial charge in [0.15, 0.2) is 4.67 Å². The predicted molar refractivity (Wildman–Crippen MR) is 68.6 cm³/mol. The molecule has 88 valence electrons. The summed E-state index contributed by atoms with van der Waals surface area (Å²) < 4.78 is 9.42. The number of esters is 1. The number of carbonyl (C=O) groups excluding carboxylic acids is 2. The van der Waals surface area contributed by atoms with E-state index in [-0.39, 0.29) is 18.4 Å². The number of alkyl halides is 1. The van der Waals surface area contributed by atoms with E-state index in [1.54, 1.807) is 6.07 Å². The van der Waals surface area contributed by atoms with E-state index in [0.29, 0.717) is 10.2 Å². The lowest BCUT2D eigenvalue weighted by atomic mass is 10.3. The summed E-state index contributed by atoms with van der Waals surface area (Å²) in [5.41, 5.74) is 0.397. The molecule has 1 aromatic rings. The molecule has 0 saturated carbocycles. The topological polar surface area (TPSA) is 68.5 Å². The summed E-state index contributed by atoms with van der Waals surface area (Å²) >= 11 is 5.00. The van der Waals surface area contributed by atoms with E-state index >= 15 is 0 Å². The second kappa shape index (κ2) is 6.24.